The van der Waals surface area contributed by atoms with E-state index >= 15 is 0 Å². The molecule has 0 saturated carbocycles. The molecule has 3 aromatic heterocycles. The molecular weight excluding hydrogens is 332 g/mol. The van der Waals surface area contributed by atoms with Gasteiger partial charge in [0.1, 0.15) is 10.7 Å². The minimum absolute atomic E-state index is 0.505. The summed E-state index contributed by atoms with van der Waals surface area (Å²) in [5, 5.41) is 10.5. The fraction of sp³-hybridized carbons (Fsp3) is 0.111. The van der Waals surface area contributed by atoms with Crippen molar-refractivity contribution in [1.29, 1.82) is 0 Å². The molecule has 0 amide bonds. The highest BCUT2D eigenvalue weighted by molar-refractivity contribution is 7.13. The lowest BCUT2D eigenvalue weighted by Gasteiger charge is -2.02. The van der Waals surface area contributed by atoms with Crippen molar-refractivity contribution in [2.45, 2.75) is 6.92 Å². The Bertz CT molecular complexity index is 986. The maximum atomic E-state index is 4.70. The summed E-state index contributed by atoms with van der Waals surface area (Å²) < 4.78 is 1.80. The first-order valence-corrected chi connectivity index (χ1v) is 8.69. The van der Waals surface area contributed by atoms with Gasteiger partial charge in [0, 0.05) is 35.9 Å². The average Bonchev–Trinajstić information content (AvgIpc) is 3.23. The van der Waals surface area contributed by atoms with E-state index in [4.69, 9.17) is 4.98 Å². The predicted octanol–water partition coefficient (Wildman–Crippen LogP) is 4.05. The van der Waals surface area contributed by atoms with E-state index in [1.165, 1.54) is 0 Å². The molecule has 0 aliphatic heterocycles. The predicted molar refractivity (Wildman–Crippen MR) is 99.8 cm³/mol. The standard InChI is InChI=1S/C18H16N6S/c1-12-10-16(23-24(12)2)22-18-19-9-8-14(21-18)15-11-25-17(20-15)13-6-4-3-5-7-13/h3-11H,1-2H3,(H,19,21,22,23). The summed E-state index contributed by atoms with van der Waals surface area (Å²) in [5.41, 5.74) is 3.79. The van der Waals surface area contributed by atoms with Gasteiger partial charge in [-0.25, -0.2) is 15.0 Å². The number of aryl methyl sites for hydroxylation is 2. The number of thiazole rings is 1. The summed E-state index contributed by atoms with van der Waals surface area (Å²) in [6, 6.07) is 13.9. The number of hydrogen-bond donors (Lipinski definition) is 1. The molecule has 0 saturated heterocycles. The lowest BCUT2D eigenvalue weighted by molar-refractivity contribution is 0.743. The fourth-order valence-electron chi connectivity index (χ4n) is 2.40. The number of hydrogen-bond acceptors (Lipinski definition) is 6. The Balaban J connectivity index is 1.60. The zero-order valence-corrected chi connectivity index (χ0v) is 14.7. The van der Waals surface area contributed by atoms with Crippen LogP contribution in [0.1, 0.15) is 5.69 Å². The summed E-state index contributed by atoms with van der Waals surface area (Å²) in [5.74, 6) is 1.23. The molecule has 4 rings (SSSR count). The van der Waals surface area contributed by atoms with Gasteiger partial charge in [-0.2, -0.15) is 5.10 Å². The first-order chi connectivity index (χ1) is 12.2. The molecule has 3 heterocycles. The second-order valence-electron chi connectivity index (χ2n) is 5.59. The summed E-state index contributed by atoms with van der Waals surface area (Å²) >= 11 is 1.61. The average molecular weight is 348 g/mol. The number of nitrogens with zero attached hydrogens (tertiary/aromatic N) is 5. The minimum Gasteiger partial charge on any atom is -0.307 e. The van der Waals surface area contributed by atoms with Gasteiger partial charge in [-0.1, -0.05) is 30.3 Å². The first-order valence-electron chi connectivity index (χ1n) is 7.81. The number of nitrogens with one attached hydrogen (secondary N) is 1. The van der Waals surface area contributed by atoms with Crippen LogP contribution in [0.2, 0.25) is 0 Å². The van der Waals surface area contributed by atoms with Crippen LogP contribution in [0.15, 0.2) is 54.0 Å². The van der Waals surface area contributed by atoms with E-state index < -0.39 is 0 Å². The molecule has 124 valence electrons. The molecule has 0 atom stereocenters. The second kappa shape index (κ2) is 6.45. The monoisotopic (exact) mass is 348 g/mol. The van der Waals surface area contributed by atoms with E-state index in [1.807, 2.05) is 49.7 Å². The van der Waals surface area contributed by atoms with E-state index in [1.54, 1.807) is 22.2 Å². The van der Waals surface area contributed by atoms with Crippen LogP contribution < -0.4 is 5.32 Å². The SMILES string of the molecule is Cc1cc(Nc2nccc(-c3csc(-c4ccccc4)n3)n2)nn1C. The van der Waals surface area contributed by atoms with Gasteiger partial charge in [-0.3, -0.25) is 4.68 Å². The number of anilines is 2. The molecule has 6 nitrogen and oxygen atoms in total. The lowest BCUT2D eigenvalue weighted by Crippen LogP contribution is -1.99. The van der Waals surface area contributed by atoms with Gasteiger partial charge in [-0.15, -0.1) is 11.3 Å². The van der Waals surface area contributed by atoms with Gasteiger partial charge < -0.3 is 5.32 Å². The highest BCUT2D eigenvalue weighted by Crippen LogP contribution is 2.28. The van der Waals surface area contributed by atoms with Crippen LogP contribution >= 0.6 is 11.3 Å². The molecule has 0 aliphatic rings. The lowest BCUT2D eigenvalue weighted by atomic mass is 10.2. The van der Waals surface area contributed by atoms with Gasteiger partial charge in [0.15, 0.2) is 5.82 Å². The normalized spacial score (nSPS) is 10.8. The maximum Gasteiger partial charge on any atom is 0.228 e. The Labute approximate surface area is 149 Å². The van der Waals surface area contributed by atoms with Crippen LogP contribution in [0.25, 0.3) is 22.0 Å². The number of rotatable bonds is 4. The van der Waals surface area contributed by atoms with E-state index in [0.717, 1.165) is 33.5 Å². The summed E-state index contributed by atoms with van der Waals surface area (Å²) in [6.07, 6.45) is 1.72. The summed E-state index contributed by atoms with van der Waals surface area (Å²) in [7, 11) is 1.90. The van der Waals surface area contributed by atoms with E-state index in [0.29, 0.717) is 5.95 Å². The Morgan fingerprint density at radius 2 is 1.88 bits per heavy atom. The quantitative estimate of drug-likeness (QED) is 0.602. The van der Waals surface area contributed by atoms with Gasteiger partial charge >= 0.3 is 0 Å². The Morgan fingerprint density at radius 1 is 1.04 bits per heavy atom. The van der Waals surface area contributed by atoms with Crippen molar-refractivity contribution in [3.63, 3.8) is 0 Å². The number of aromatic nitrogens is 5. The molecule has 0 aliphatic carbocycles. The van der Waals surface area contributed by atoms with Crippen LogP contribution in [-0.2, 0) is 7.05 Å². The molecular formula is C18H16N6S. The molecule has 25 heavy (non-hydrogen) atoms. The molecule has 1 N–H and O–H groups in total. The van der Waals surface area contributed by atoms with E-state index in [-0.39, 0.29) is 0 Å². The van der Waals surface area contributed by atoms with Gasteiger partial charge in [-0.05, 0) is 13.0 Å². The third-order valence-corrected chi connectivity index (χ3v) is 4.69. The molecule has 1 aromatic carbocycles. The maximum absolute atomic E-state index is 4.70. The minimum atomic E-state index is 0.505. The van der Waals surface area contributed by atoms with Crippen molar-refractivity contribution in [2.24, 2.45) is 7.05 Å². The summed E-state index contributed by atoms with van der Waals surface area (Å²) in [4.78, 5) is 13.5. The van der Waals surface area contributed by atoms with E-state index in [2.05, 4.69) is 32.5 Å². The van der Waals surface area contributed by atoms with Crippen molar-refractivity contribution in [1.82, 2.24) is 24.7 Å². The van der Waals surface area contributed by atoms with Crippen molar-refractivity contribution < 1.29 is 0 Å². The Kier molecular flexibility index (Phi) is 3.99. The van der Waals surface area contributed by atoms with Crippen LogP contribution in [0, 0.1) is 6.92 Å². The molecule has 0 bridgehead atoms. The second-order valence-corrected chi connectivity index (χ2v) is 6.45. The molecule has 0 radical (unpaired) electrons. The Hall–Kier alpha value is -3.06. The molecule has 0 unspecified atom stereocenters. The number of benzene rings is 1. The zero-order chi connectivity index (χ0) is 17.2. The van der Waals surface area contributed by atoms with Crippen LogP contribution in [0.4, 0.5) is 11.8 Å². The van der Waals surface area contributed by atoms with Crippen LogP contribution in [0.5, 0.6) is 0 Å². The molecule has 4 aromatic rings. The van der Waals surface area contributed by atoms with Crippen molar-refractivity contribution in [2.75, 3.05) is 5.32 Å². The summed E-state index contributed by atoms with van der Waals surface area (Å²) in [6.45, 7) is 2.00. The van der Waals surface area contributed by atoms with Crippen molar-refractivity contribution in [3.05, 3.63) is 59.7 Å². The van der Waals surface area contributed by atoms with E-state index in [9.17, 15) is 0 Å². The third kappa shape index (κ3) is 3.27. The zero-order valence-electron chi connectivity index (χ0n) is 13.8. The fourth-order valence-corrected chi connectivity index (χ4v) is 3.22. The molecule has 0 spiro atoms. The van der Waals surface area contributed by atoms with Crippen molar-refractivity contribution >= 4 is 23.1 Å². The smallest absolute Gasteiger partial charge is 0.228 e. The van der Waals surface area contributed by atoms with Crippen LogP contribution in [0.3, 0.4) is 0 Å². The van der Waals surface area contributed by atoms with Crippen molar-refractivity contribution in [3.8, 4) is 22.0 Å². The molecule has 0 fully saturated rings. The third-order valence-electron chi connectivity index (χ3n) is 3.80. The van der Waals surface area contributed by atoms with Crippen LogP contribution in [-0.4, -0.2) is 24.7 Å². The highest BCUT2D eigenvalue weighted by atomic mass is 32.1. The molecule has 7 heteroatoms. The highest BCUT2D eigenvalue weighted by Gasteiger charge is 2.10. The van der Waals surface area contributed by atoms with Gasteiger partial charge in [0.05, 0.1) is 5.69 Å². The first kappa shape index (κ1) is 15.5. The van der Waals surface area contributed by atoms with Gasteiger partial charge in [0.25, 0.3) is 0 Å². The largest absolute Gasteiger partial charge is 0.307 e. The van der Waals surface area contributed by atoms with Gasteiger partial charge in [0.2, 0.25) is 5.95 Å². The Morgan fingerprint density at radius 3 is 2.64 bits per heavy atom. The topological polar surface area (TPSA) is 68.5 Å².